The van der Waals surface area contributed by atoms with Gasteiger partial charge in [-0.1, -0.05) is 45.9 Å². The standard InChI is InChI=1S/C14H14O2S2/c15-13-5-1-11(2-6-13)9-17-18-10-12-3-7-14(16)8-4-12/h1-8,15-16H,9-10H2. The smallest absolute Gasteiger partial charge is 0.115 e. The zero-order chi connectivity index (χ0) is 12.8. The Hall–Kier alpha value is -1.26. The lowest BCUT2D eigenvalue weighted by Crippen LogP contribution is -1.79. The first-order valence-electron chi connectivity index (χ1n) is 5.54. The van der Waals surface area contributed by atoms with Gasteiger partial charge in [-0.25, -0.2) is 0 Å². The number of benzene rings is 2. The first-order valence-corrected chi connectivity index (χ1v) is 8.03. The van der Waals surface area contributed by atoms with Crippen LogP contribution in [0.15, 0.2) is 48.5 Å². The van der Waals surface area contributed by atoms with Crippen LogP contribution in [0.2, 0.25) is 0 Å². The van der Waals surface area contributed by atoms with Crippen LogP contribution in [-0.2, 0) is 11.5 Å². The van der Waals surface area contributed by atoms with Gasteiger partial charge in [-0.05, 0) is 35.4 Å². The maximum absolute atomic E-state index is 9.17. The van der Waals surface area contributed by atoms with Crippen molar-refractivity contribution in [3.63, 3.8) is 0 Å². The number of phenols is 2. The van der Waals surface area contributed by atoms with Gasteiger partial charge in [-0.15, -0.1) is 0 Å². The van der Waals surface area contributed by atoms with E-state index in [-0.39, 0.29) is 0 Å². The molecule has 2 rings (SSSR count). The predicted molar refractivity (Wildman–Crippen MR) is 78.8 cm³/mol. The zero-order valence-electron chi connectivity index (χ0n) is 9.74. The Kier molecular flexibility index (Phi) is 4.84. The molecule has 4 heteroatoms. The second kappa shape index (κ2) is 6.61. The van der Waals surface area contributed by atoms with Crippen molar-refractivity contribution in [2.75, 3.05) is 0 Å². The number of phenolic OH excluding ortho intramolecular Hbond substituents is 2. The molecular formula is C14H14O2S2. The second-order valence-electron chi connectivity index (χ2n) is 3.86. The van der Waals surface area contributed by atoms with E-state index >= 15 is 0 Å². The van der Waals surface area contributed by atoms with Crippen LogP contribution >= 0.6 is 21.6 Å². The molecule has 2 nitrogen and oxygen atoms in total. The third-order valence-corrected chi connectivity index (χ3v) is 4.68. The van der Waals surface area contributed by atoms with E-state index in [1.165, 1.54) is 11.1 Å². The van der Waals surface area contributed by atoms with Crippen molar-refractivity contribution < 1.29 is 10.2 Å². The molecule has 0 saturated carbocycles. The van der Waals surface area contributed by atoms with Crippen LogP contribution in [0.3, 0.4) is 0 Å². The van der Waals surface area contributed by atoms with Crippen molar-refractivity contribution in [2.24, 2.45) is 0 Å². The van der Waals surface area contributed by atoms with Gasteiger partial charge in [0.15, 0.2) is 0 Å². The van der Waals surface area contributed by atoms with E-state index in [9.17, 15) is 0 Å². The van der Waals surface area contributed by atoms with Crippen LogP contribution < -0.4 is 0 Å². The summed E-state index contributed by atoms with van der Waals surface area (Å²) in [6, 6.07) is 14.6. The molecule has 0 fully saturated rings. The number of hydrogen-bond donors (Lipinski definition) is 2. The Balaban J connectivity index is 1.73. The molecular weight excluding hydrogens is 264 g/mol. The molecule has 0 aliphatic carbocycles. The summed E-state index contributed by atoms with van der Waals surface area (Å²) in [6.07, 6.45) is 0. The van der Waals surface area contributed by atoms with Gasteiger partial charge >= 0.3 is 0 Å². The number of aromatic hydroxyl groups is 2. The van der Waals surface area contributed by atoms with Crippen molar-refractivity contribution in [3.05, 3.63) is 59.7 Å². The fourth-order valence-electron chi connectivity index (χ4n) is 1.40. The predicted octanol–water partition coefficient (Wildman–Crippen LogP) is 4.18. The van der Waals surface area contributed by atoms with Gasteiger partial charge < -0.3 is 10.2 Å². The summed E-state index contributed by atoms with van der Waals surface area (Å²) in [7, 11) is 3.57. The lowest BCUT2D eigenvalue weighted by atomic mass is 10.2. The molecule has 0 spiro atoms. The van der Waals surface area contributed by atoms with Gasteiger partial charge in [-0.2, -0.15) is 0 Å². The van der Waals surface area contributed by atoms with Crippen molar-refractivity contribution >= 4 is 21.6 Å². The normalized spacial score (nSPS) is 10.4. The van der Waals surface area contributed by atoms with Gasteiger partial charge in [0.2, 0.25) is 0 Å². The molecule has 0 saturated heterocycles. The van der Waals surface area contributed by atoms with Gasteiger partial charge in [-0.3, -0.25) is 0 Å². The van der Waals surface area contributed by atoms with E-state index in [4.69, 9.17) is 10.2 Å². The van der Waals surface area contributed by atoms with Gasteiger partial charge in [0.1, 0.15) is 11.5 Å². The van der Waals surface area contributed by atoms with E-state index in [1.54, 1.807) is 45.9 Å². The third-order valence-electron chi connectivity index (χ3n) is 2.41. The lowest BCUT2D eigenvalue weighted by molar-refractivity contribution is 0.474. The van der Waals surface area contributed by atoms with Crippen molar-refractivity contribution in [1.29, 1.82) is 0 Å². The fourth-order valence-corrected chi connectivity index (χ4v) is 3.54. The quantitative estimate of drug-likeness (QED) is 0.636. The van der Waals surface area contributed by atoms with E-state index in [0.29, 0.717) is 11.5 Å². The Morgan fingerprint density at radius 2 is 0.944 bits per heavy atom. The van der Waals surface area contributed by atoms with Gasteiger partial charge in [0, 0.05) is 11.5 Å². The molecule has 0 aromatic heterocycles. The maximum Gasteiger partial charge on any atom is 0.115 e. The number of rotatable bonds is 5. The molecule has 0 atom stereocenters. The molecule has 94 valence electrons. The summed E-state index contributed by atoms with van der Waals surface area (Å²) >= 11 is 0. The summed E-state index contributed by atoms with van der Waals surface area (Å²) in [5.74, 6) is 2.45. The first-order chi connectivity index (χ1) is 8.74. The van der Waals surface area contributed by atoms with E-state index in [0.717, 1.165) is 11.5 Å². The largest absolute Gasteiger partial charge is 0.508 e. The minimum atomic E-state index is 0.306. The van der Waals surface area contributed by atoms with Crippen LogP contribution in [0.4, 0.5) is 0 Å². The van der Waals surface area contributed by atoms with Gasteiger partial charge in [0.05, 0.1) is 0 Å². The molecule has 0 amide bonds. The lowest BCUT2D eigenvalue weighted by Gasteiger charge is -2.02. The highest BCUT2D eigenvalue weighted by atomic mass is 33.1. The van der Waals surface area contributed by atoms with E-state index < -0.39 is 0 Å². The molecule has 0 heterocycles. The molecule has 0 radical (unpaired) electrons. The Bertz CT molecular complexity index is 433. The minimum absolute atomic E-state index is 0.306. The first kappa shape index (κ1) is 13.2. The summed E-state index contributed by atoms with van der Waals surface area (Å²) in [4.78, 5) is 0. The average molecular weight is 278 g/mol. The average Bonchev–Trinajstić information content (AvgIpc) is 2.39. The van der Waals surface area contributed by atoms with Gasteiger partial charge in [0.25, 0.3) is 0 Å². The third kappa shape index (κ3) is 4.20. The van der Waals surface area contributed by atoms with E-state index in [1.807, 2.05) is 24.3 Å². The topological polar surface area (TPSA) is 40.5 Å². The maximum atomic E-state index is 9.17. The summed E-state index contributed by atoms with van der Waals surface area (Å²) in [5.41, 5.74) is 2.41. The SMILES string of the molecule is Oc1ccc(CSSCc2ccc(O)cc2)cc1. The van der Waals surface area contributed by atoms with Crippen LogP contribution in [-0.4, -0.2) is 10.2 Å². The molecule has 2 aromatic carbocycles. The minimum Gasteiger partial charge on any atom is -0.508 e. The van der Waals surface area contributed by atoms with E-state index in [2.05, 4.69) is 0 Å². The molecule has 0 unspecified atom stereocenters. The molecule has 0 aliphatic heterocycles. The molecule has 2 aromatic rings. The number of hydrogen-bond acceptors (Lipinski definition) is 4. The van der Waals surface area contributed by atoms with Crippen molar-refractivity contribution in [1.82, 2.24) is 0 Å². The van der Waals surface area contributed by atoms with Crippen LogP contribution in [0.25, 0.3) is 0 Å². The molecule has 0 bridgehead atoms. The van der Waals surface area contributed by atoms with Crippen LogP contribution in [0.1, 0.15) is 11.1 Å². The molecule has 0 aliphatic rings. The van der Waals surface area contributed by atoms with Crippen molar-refractivity contribution in [2.45, 2.75) is 11.5 Å². The van der Waals surface area contributed by atoms with Crippen LogP contribution in [0, 0.1) is 0 Å². The highest BCUT2D eigenvalue weighted by Gasteiger charge is 1.97. The zero-order valence-corrected chi connectivity index (χ0v) is 11.4. The molecule has 2 N–H and O–H groups in total. The Labute approximate surface area is 114 Å². The monoisotopic (exact) mass is 278 g/mol. The summed E-state index contributed by atoms with van der Waals surface area (Å²) in [5, 5.41) is 18.3. The fraction of sp³-hybridized carbons (Fsp3) is 0.143. The van der Waals surface area contributed by atoms with Crippen molar-refractivity contribution in [3.8, 4) is 11.5 Å². The summed E-state index contributed by atoms with van der Waals surface area (Å²) < 4.78 is 0. The Morgan fingerprint density at radius 3 is 1.28 bits per heavy atom. The summed E-state index contributed by atoms with van der Waals surface area (Å²) in [6.45, 7) is 0. The molecule has 18 heavy (non-hydrogen) atoms. The second-order valence-corrected chi connectivity index (χ2v) is 6.32. The highest BCUT2D eigenvalue weighted by Crippen LogP contribution is 2.30. The highest BCUT2D eigenvalue weighted by molar-refractivity contribution is 8.76. The van der Waals surface area contributed by atoms with Crippen LogP contribution in [0.5, 0.6) is 11.5 Å². The Morgan fingerprint density at radius 1 is 0.611 bits per heavy atom.